The van der Waals surface area contributed by atoms with Gasteiger partial charge in [0.2, 0.25) is 0 Å². The lowest BCUT2D eigenvalue weighted by Gasteiger charge is -2.17. The Kier molecular flexibility index (Phi) is 5.00. The molecule has 2 nitrogen and oxygen atoms in total. The van der Waals surface area contributed by atoms with E-state index in [1.54, 1.807) is 0 Å². The Morgan fingerprint density at radius 3 is 2.47 bits per heavy atom. The summed E-state index contributed by atoms with van der Waals surface area (Å²) < 4.78 is 1.13. The van der Waals surface area contributed by atoms with Crippen LogP contribution in [0.4, 0.5) is 5.69 Å². The van der Waals surface area contributed by atoms with Crippen LogP contribution in [-0.4, -0.2) is 18.5 Å². The van der Waals surface area contributed by atoms with Crippen molar-refractivity contribution in [2.45, 2.75) is 13.0 Å². The number of hydrogen-bond donors (Lipinski definition) is 1. The first-order valence-corrected chi connectivity index (χ1v) is 7.20. The Balaban J connectivity index is 1.84. The van der Waals surface area contributed by atoms with Crippen molar-refractivity contribution in [3.05, 3.63) is 64.1 Å². The van der Waals surface area contributed by atoms with Gasteiger partial charge in [-0.05, 0) is 48.9 Å². The second kappa shape index (κ2) is 6.73. The molecule has 2 rings (SSSR count). The molecule has 2 aromatic rings. The average Bonchev–Trinajstić information content (AvgIpc) is 2.38. The smallest absolute Gasteiger partial charge is 0.0317 e. The topological polar surface area (TPSA) is 29.3 Å². The number of anilines is 1. The van der Waals surface area contributed by atoms with Crippen molar-refractivity contribution >= 4 is 21.6 Å². The van der Waals surface area contributed by atoms with E-state index in [0.717, 1.165) is 29.7 Å². The van der Waals surface area contributed by atoms with Gasteiger partial charge in [0.25, 0.3) is 0 Å². The molecule has 0 radical (unpaired) electrons. The number of hydrogen-bond acceptors (Lipinski definition) is 2. The Morgan fingerprint density at radius 2 is 1.79 bits per heavy atom. The maximum absolute atomic E-state index is 5.79. The second-order valence-electron chi connectivity index (χ2n) is 4.86. The number of likely N-dealkylation sites (N-methyl/N-ethyl adjacent to an activating group) is 1. The first-order chi connectivity index (χ1) is 9.13. The van der Waals surface area contributed by atoms with E-state index in [9.17, 15) is 0 Å². The molecule has 3 heteroatoms. The van der Waals surface area contributed by atoms with Gasteiger partial charge >= 0.3 is 0 Å². The predicted octanol–water partition coefficient (Wildman–Crippen LogP) is 3.71. The molecule has 2 aromatic carbocycles. The SMILES string of the molecule is CN(CCc1ccc(Br)cc1)Cc1cccc(N)c1. The normalized spacial score (nSPS) is 10.9. The molecule has 0 aliphatic heterocycles. The standard InChI is InChI=1S/C16H19BrN2/c1-19(12-14-3-2-4-16(18)11-14)10-9-13-5-7-15(17)8-6-13/h2-8,11H,9-10,12,18H2,1H3. The number of rotatable bonds is 5. The molecule has 0 heterocycles. The van der Waals surface area contributed by atoms with Crippen LogP contribution < -0.4 is 5.73 Å². The molecule has 0 fully saturated rings. The molecule has 0 spiro atoms. The van der Waals surface area contributed by atoms with E-state index in [-0.39, 0.29) is 0 Å². The Bertz CT molecular complexity index is 523. The third-order valence-electron chi connectivity index (χ3n) is 3.10. The first kappa shape index (κ1) is 14.1. The summed E-state index contributed by atoms with van der Waals surface area (Å²) in [6.45, 7) is 1.97. The van der Waals surface area contributed by atoms with Crippen LogP contribution in [0.5, 0.6) is 0 Å². The molecule has 0 amide bonds. The fourth-order valence-electron chi connectivity index (χ4n) is 2.05. The highest BCUT2D eigenvalue weighted by molar-refractivity contribution is 9.10. The van der Waals surface area contributed by atoms with Gasteiger partial charge < -0.3 is 10.6 Å². The maximum atomic E-state index is 5.79. The fraction of sp³-hybridized carbons (Fsp3) is 0.250. The third kappa shape index (κ3) is 4.69. The first-order valence-electron chi connectivity index (χ1n) is 6.41. The van der Waals surface area contributed by atoms with Gasteiger partial charge in [-0.15, -0.1) is 0 Å². The van der Waals surface area contributed by atoms with E-state index in [1.807, 2.05) is 18.2 Å². The molecule has 0 aliphatic rings. The van der Waals surface area contributed by atoms with Gasteiger partial charge in [0, 0.05) is 23.2 Å². The highest BCUT2D eigenvalue weighted by Crippen LogP contribution is 2.12. The minimum absolute atomic E-state index is 0.832. The summed E-state index contributed by atoms with van der Waals surface area (Å²) in [5.41, 5.74) is 9.25. The van der Waals surface area contributed by atoms with Crippen LogP contribution in [0.1, 0.15) is 11.1 Å². The summed E-state index contributed by atoms with van der Waals surface area (Å²) in [4.78, 5) is 2.32. The minimum atomic E-state index is 0.832. The molecule has 19 heavy (non-hydrogen) atoms. The van der Waals surface area contributed by atoms with Gasteiger partial charge in [0.15, 0.2) is 0 Å². The molecule has 2 N–H and O–H groups in total. The average molecular weight is 319 g/mol. The lowest BCUT2D eigenvalue weighted by Crippen LogP contribution is -2.20. The van der Waals surface area contributed by atoms with Crippen LogP contribution in [-0.2, 0) is 13.0 Å². The molecule has 0 unspecified atom stereocenters. The molecular formula is C16H19BrN2. The predicted molar refractivity (Wildman–Crippen MR) is 85.0 cm³/mol. The summed E-state index contributed by atoms with van der Waals surface area (Å²) in [7, 11) is 2.14. The van der Waals surface area contributed by atoms with Crippen molar-refractivity contribution in [1.82, 2.24) is 4.90 Å². The lowest BCUT2D eigenvalue weighted by molar-refractivity contribution is 0.331. The van der Waals surface area contributed by atoms with Crippen molar-refractivity contribution in [3.63, 3.8) is 0 Å². The van der Waals surface area contributed by atoms with Crippen molar-refractivity contribution < 1.29 is 0 Å². The van der Waals surface area contributed by atoms with Crippen LogP contribution in [0.2, 0.25) is 0 Å². The van der Waals surface area contributed by atoms with Crippen molar-refractivity contribution in [1.29, 1.82) is 0 Å². The van der Waals surface area contributed by atoms with Gasteiger partial charge in [-0.25, -0.2) is 0 Å². The van der Waals surface area contributed by atoms with Gasteiger partial charge in [-0.3, -0.25) is 0 Å². The number of benzene rings is 2. The highest BCUT2D eigenvalue weighted by Gasteiger charge is 2.01. The summed E-state index contributed by atoms with van der Waals surface area (Å²) in [6, 6.07) is 16.6. The largest absolute Gasteiger partial charge is 0.399 e. The summed E-state index contributed by atoms with van der Waals surface area (Å²) >= 11 is 3.45. The van der Waals surface area contributed by atoms with Crippen LogP contribution in [0.3, 0.4) is 0 Å². The van der Waals surface area contributed by atoms with Crippen LogP contribution in [0, 0.1) is 0 Å². The van der Waals surface area contributed by atoms with E-state index in [4.69, 9.17) is 5.73 Å². The monoisotopic (exact) mass is 318 g/mol. The molecular weight excluding hydrogens is 300 g/mol. The lowest BCUT2D eigenvalue weighted by atomic mass is 10.1. The molecule has 0 saturated heterocycles. The second-order valence-corrected chi connectivity index (χ2v) is 5.77. The van der Waals surface area contributed by atoms with Crippen molar-refractivity contribution in [3.8, 4) is 0 Å². The van der Waals surface area contributed by atoms with Crippen LogP contribution in [0.15, 0.2) is 53.0 Å². The zero-order chi connectivity index (χ0) is 13.7. The third-order valence-corrected chi connectivity index (χ3v) is 3.63. The molecule has 100 valence electrons. The minimum Gasteiger partial charge on any atom is -0.399 e. The van der Waals surface area contributed by atoms with E-state index in [2.05, 4.69) is 58.2 Å². The Labute approximate surface area is 123 Å². The van der Waals surface area contributed by atoms with E-state index < -0.39 is 0 Å². The summed E-state index contributed by atoms with van der Waals surface area (Å²) in [5, 5.41) is 0. The Hall–Kier alpha value is -1.32. The van der Waals surface area contributed by atoms with Crippen LogP contribution >= 0.6 is 15.9 Å². The zero-order valence-corrected chi connectivity index (χ0v) is 12.7. The van der Waals surface area contributed by atoms with Gasteiger partial charge in [-0.1, -0.05) is 40.2 Å². The van der Waals surface area contributed by atoms with Crippen LogP contribution in [0.25, 0.3) is 0 Å². The number of nitrogen functional groups attached to an aromatic ring is 1. The number of halogens is 1. The van der Waals surface area contributed by atoms with Gasteiger partial charge in [0.1, 0.15) is 0 Å². The quantitative estimate of drug-likeness (QED) is 0.852. The molecule has 0 aromatic heterocycles. The molecule has 0 bridgehead atoms. The summed E-state index contributed by atoms with van der Waals surface area (Å²) in [5.74, 6) is 0. The number of nitrogens with two attached hydrogens (primary N) is 1. The van der Waals surface area contributed by atoms with Gasteiger partial charge in [0.05, 0.1) is 0 Å². The van der Waals surface area contributed by atoms with E-state index in [1.165, 1.54) is 11.1 Å². The zero-order valence-electron chi connectivity index (χ0n) is 11.1. The molecule has 0 atom stereocenters. The molecule has 0 saturated carbocycles. The maximum Gasteiger partial charge on any atom is 0.0317 e. The fourth-order valence-corrected chi connectivity index (χ4v) is 2.32. The highest BCUT2D eigenvalue weighted by atomic mass is 79.9. The van der Waals surface area contributed by atoms with Crippen molar-refractivity contribution in [2.75, 3.05) is 19.3 Å². The van der Waals surface area contributed by atoms with E-state index >= 15 is 0 Å². The van der Waals surface area contributed by atoms with Crippen molar-refractivity contribution in [2.24, 2.45) is 0 Å². The van der Waals surface area contributed by atoms with E-state index in [0.29, 0.717) is 0 Å². The summed E-state index contributed by atoms with van der Waals surface area (Å²) in [6.07, 6.45) is 1.06. The number of nitrogens with zero attached hydrogens (tertiary/aromatic N) is 1. The molecule has 0 aliphatic carbocycles. The van der Waals surface area contributed by atoms with Gasteiger partial charge in [-0.2, -0.15) is 0 Å². The Morgan fingerprint density at radius 1 is 1.05 bits per heavy atom.